The third-order valence-corrected chi connectivity index (χ3v) is 4.75. The zero-order valence-corrected chi connectivity index (χ0v) is 17.0. The van der Waals surface area contributed by atoms with Gasteiger partial charge in [0.1, 0.15) is 5.69 Å². The van der Waals surface area contributed by atoms with Gasteiger partial charge in [0.05, 0.1) is 11.0 Å². The summed E-state index contributed by atoms with van der Waals surface area (Å²) >= 11 is 0. The van der Waals surface area contributed by atoms with E-state index in [0.717, 1.165) is 16.7 Å². The molecule has 0 saturated carbocycles. The van der Waals surface area contributed by atoms with Gasteiger partial charge in [-0.25, -0.2) is 8.78 Å². The van der Waals surface area contributed by atoms with Gasteiger partial charge in [-0.2, -0.15) is 0 Å². The van der Waals surface area contributed by atoms with Gasteiger partial charge < -0.3 is 10.6 Å². The molecular formula is C23H19F2N3O4. The number of nitrogens with zero attached hydrogens (tertiary/aromatic N) is 1. The van der Waals surface area contributed by atoms with E-state index in [0.29, 0.717) is 17.7 Å². The largest absolute Gasteiger partial charge is 0.352 e. The van der Waals surface area contributed by atoms with E-state index in [4.69, 9.17) is 0 Å². The summed E-state index contributed by atoms with van der Waals surface area (Å²) in [4.78, 5) is 34.4. The van der Waals surface area contributed by atoms with Crippen LogP contribution in [0.4, 0.5) is 20.2 Å². The monoisotopic (exact) mass is 439 g/mol. The SMILES string of the molecule is Cc1ccccc1-c1ccc(C(=O)NCCC(=O)Nc2cc(F)c(F)cc2[N+](=O)[O-])cc1. The summed E-state index contributed by atoms with van der Waals surface area (Å²) in [6, 6.07) is 15.8. The summed E-state index contributed by atoms with van der Waals surface area (Å²) in [6.07, 6.45) is -0.219. The number of anilines is 1. The van der Waals surface area contributed by atoms with Crippen molar-refractivity contribution in [1.82, 2.24) is 5.32 Å². The number of carbonyl (C=O) groups excluding carboxylic acids is 2. The Bertz CT molecular complexity index is 1180. The van der Waals surface area contributed by atoms with Gasteiger partial charge in [0.15, 0.2) is 11.6 Å². The minimum absolute atomic E-state index is 0.0539. The van der Waals surface area contributed by atoms with E-state index in [9.17, 15) is 28.5 Å². The highest BCUT2D eigenvalue weighted by molar-refractivity contribution is 5.96. The Balaban J connectivity index is 1.56. The van der Waals surface area contributed by atoms with Gasteiger partial charge >= 0.3 is 0 Å². The highest BCUT2D eigenvalue weighted by Gasteiger charge is 2.20. The molecule has 2 amide bonds. The van der Waals surface area contributed by atoms with E-state index in [1.54, 1.807) is 12.1 Å². The highest BCUT2D eigenvalue weighted by Crippen LogP contribution is 2.27. The summed E-state index contributed by atoms with van der Waals surface area (Å²) in [5.41, 5.74) is 2.30. The van der Waals surface area contributed by atoms with Crippen LogP contribution in [0.2, 0.25) is 0 Å². The third kappa shape index (κ3) is 5.31. The topological polar surface area (TPSA) is 101 Å². The first-order valence-corrected chi connectivity index (χ1v) is 9.64. The average Bonchev–Trinajstić information content (AvgIpc) is 2.76. The zero-order chi connectivity index (χ0) is 23.3. The molecule has 32 heavy (non-hydrogen) atoms. The van der Waals surface area contributed by atoms with Gasteiger partial charge in [0, 0.05) is 24.6 Å². The molecule has 7 nitrogen and oxygen atoms in total. The summed E-state index contributed by atoms with van der Waals surface area (Å²) in [7, 11) is 0. The molecule has 0 aliphatic rings. The molecule has 0 aliphatic carbocycles. The number of nitrogens with one attached hydrogen (secondary N) is 2. The van der Waals surface area contributed by atoms with Crippen molar-refractivity contribution < 1.29 is 23.3 Å². The number of nitro groups is 1. The number of carbonyl (C=O) groups is 2. The van der Waals surface area contributed by atoms with Gasteiger partial charge in [-0.15, -0.1) is 0 Å². The fourth-order valence-electron chi connectivity index (χ4n) is 3.09. The quantitative estimate of drug-likeness (QED) is 0.415. The molecule has 3 aromatic carbocycles. The third-order valence-electron chi connectivity index (χ3n) is 4.75. The van der Waals surface area contributed by atoms with Crippen LogP contribution in [0.3, 0.4) is 0 Å². The van der Waals surface area contributed by atoms with Crippen LogP contribution < -0.4 is 10.6 Å². The number of amides is 2. The fraction of sp³-hybridized carbons (Fsp3) is 0.130. The van der Waals surface area contributed by atoms with Crippen LogP contribution in [0.25, 0.3) is 11.1 Å². The van der Waals surface area contributed by atoms with Gasteiger partial charge in [-0.05, 0) is 35.7 Å². The van der Waals surface area contributed by atoms with Gasteiger partial charge in [-0.1, -0.05) is 36.4 Å². The van der Waals surface area contributed by atoms with Crippen molar-refractivity contribution in [2.24, 2.45) is 0 Å². The van der Waals surface area contributed by atoms with Crippen LogP contribution >= 0.6 is 0 Å². The second-order valence-corrected chi connectivity index (χ2v) is 6.99. The van der Waals surface area contributed by atoms with Crippen molar-refractivity contribution >= 4 is 23.2 Å². The number of nitro benzene ring substituents is 1. The maximum atomic E-state index is 13.4. The van der Waals surface area contributed by atoms with E-state index < -0.39 is 39.7 Å². The molecular weight excluding hydrogens is 420 g/mol. The molecule has 2 N–H and O–H groups in total. The summed E-state index contributed by atoms with van der Waals surface area (Å²) in [5, 5.41) is 15.7. The molecule has 0 fully saturated rings. The number of aryl methyl sites for hydroxylation is 1. The molecule has 0 aliphatic heterocycles. The van der Waals surface area contributed by atoms with E-state index in [1.165, 1.54) is 0 Å². The maximum Gasteiger partial charge on any atom is 0.295 e. The van der Waals surface area contributed by atoms with Crippen LogP contribution in [0.1, 0.15) is 22.3 Å². The lowest BCUT2D eigenvalue weighted by Crippen LogP contribution is -2.27. The van der Waals surface area contributed by atoms with Crippen LogP contribution in [-0.4, -0.2) is 23.3 Å². The van der Waals surface area contributed by atoms with E-state index in [1.807, 2.05) is 43.3 Å². The zero-order valence-electron chi connectivity index (χ0n) is 17.0. The van der Waals surface area contributed by atoms with Crippen molar-refractivity contribution in [3.05, 3.63) is 93.5 Å². The lowest BCUT2D eigenvalue weighted by molar-refractivity contribution is -0.384. The Labute approximate surface area is 182 Å². The smallest absolute Gasteiger partial charge is 0.295 e. The molecule has 3 aromatic rings. The molecule has 9 heteroatoms. The normalized spacial score (nSPS) is 10.5. The number of rotatable bonds is 7. The maximum absolute atomic E-state index is 13.4. The lowest BCUT2D eigenvalue weighted by atomic mass is 9.99. The number of hydrogen-bond donors (Lipinski definition) is 2. The first-order valence-electron chi connectivity index (χ1n) is 9.64. The first-order chi connectivity index (χ1) is 15.3. The Morgan fingerprint density at radius 1 is 1.00 bits per heavy atom. The van der Waals surface area contributed by atoms with Crippen molar-refractivity contribution in [2.45, 2.75) is 13.3 Å². The Morgan fingerprint density at radius 2 is 1.66 bits per heavy atom. The minimum Gasteiger partial charge on any atom is -0.352 e. The standard InChI is InChI=1S/C23H19F2N3O4/c1-14-4-2-3-5-17(14)15-6-8-16(9-7-15)23(30)26-11-10-22(29)27-20-12-18(24)19(25)13-21(20)28(31)32/h2-9,12-13H,10-11H2,1H3,(H,26,30)(H,27,29). The molecule has 164 valence electrons. The Kier molecular flexibility index (Phi) is 6.89. The van der Waals surface area contributed by atoms with E-state index in [2.05, 4.69) is 10.6 Å². The summed E-state index contributed by atoms with van der Waals surface area (Å²) in [6.45, 7) is 1.94. The molecule has 0 spiro atoms. The van der Waals surface area contributed by atoms with E-state index in [-0.39, 0.29) is 13.0 Å². The molecule has 0 atom stereocenters. The Morgan fingerprint density at radius 3 is 2.31 bits per heavy atom. The summed E-state index contributed by atoms with van der Waals surface area (Å²) in [5.74, 6) is -3.81. The van der Waals surface area contributed by atoms with Crippen LogP contribution in [0.15, 0.2) is 60.7 Å². The second kappa shape index (κ2) is 9.78. The predicted molar refractivity (Wildman–Crippen MR) is 115 cm³/mol. The van der Waals surface area contributed by atoms with Crippen molar-refractivity contribution in [3.8, 4) is 11.1 Å². The van der Waals surface area contributed by atoms with Crippen molar-refractivity contribution in [2.75, 3.05) is 11.9 Å². The van der Waals surface area contributed by atoms with E-state index >= 15 is 0 Å². The Hall–Kier alpha value is -4.14. The van der Waals surface area contributed by atoms with Gasteiger partial charge in [0.2, 0.25) is 5.91 Å². The van der Waals surface area contributed by atoms with Crippen LogP contribution in [0, 0.1) is 28.7 Å². The molecule has 0 saturated heterocycles. The number of halogens is 2. The van der Waals surface area contributed by atoms with Crippen LogP contribution in [-0.2, 0) is 4.79 Å². The van der Waals surface area contributed by atoms with Crippen LogP contribution in [0.5, 0.6) is 0 Å². The average molecular weight is 439 g/mol. The van der Waals surface area contributed by atoms with Crippen molar-refractivity contribution in [1.29, 1.82) is 0 Å². The predicted octanol–water partition coefficient (Wildman–Crippen LogP) is 4.61. The van der Waals surface area contributed by atoms with Crippen molar-refractivity contribution in [3.63, 3.8) is 0 Å². The van der Waals surface area contributed by atoms with Gasteiger partial charge in [0.25, 0.3) is 11.6 Å². The van der Waals surface area contributed by atoms with Gasteiger partial charge in [-0.3, -0.25) is 19.7 Å². The number of benzene rings is 3. The molecule has 0 aromatic heterocycles. The molecule has 0 heterocycles. The summed E-state index contributed by atoms with van der Waals surface area (Å²) < 4.78 is 26.6. The molecule has 0 bridgehead atoms. The fourth-order valence-corrected chi connectivity index (χ4v) is 3.09. The highest BCUT2D eigenvalue weighted by atomic mass is 19.2. The molecule has 3 rings (SSSR count). The lowest BCUT2D eigenvalue weighted by Gasteiger charge is -2.09. The first kappa shape index (κ1) is 22.5. The second-order valence-electron chi connectivity index (χ2n) is 6.99. The minimum atomic E-state index is -1.39. The molecule has 0 unspecified atom stereocenters. The number of hydrogen-bond acceptors (Lipinski definition) is 4. The molecule has 0 radical (unpaired) electrons.